The summed E-state index contributed by atoms with van der Waals surface area (Å²) in [4.78, 5) is 3.95. The van der Waals surface area contributed by atoms with Crippen LogP contribution in [0.1, 0.15) is 16.8 Å². The third kappa shape index (κ3) is 3.56. The molecule has 0 aliphatic rings. The Bertz CT molecular complexity index is 1470. The van der Waals surface area contributed by atoms with Crippen molar-refractivity contribution in [2.45, 2.75) is 11.8 Å². The molecule has 4 aromatic rings. The summed E-state index contributed by atoms with van der Waals surface area (Å²) in [5.41, 5.74) is 1.50. The zero-order valence-corrected chi connectivity index (χ0v) is 17.2. The minimum absolute atomic E-state index is 0.0947. The van der Waals surface area contributed by atoms with E-state index in [1.165, 1.54) is 42.7 Å². The van der Waals surface area contributed by atoms with Crippen molar-refractivity contribution in [1.29, 1.82) is 5.26 Å². The molecule has 0 radical (unpaired) electrons. The molecule has 2 heterocycles. The maximum atomic E-state index is 15.1. The number of pyridine rings is 1. The van der Waals surface area contributed by atoms with Crippen molar-refractivity contribution in [3.05, 3.63) is 90.1 Å². The van der Waals surface area contributed by atoms with E-state index in [2.05, 4.69) is 11.6 Å². The van der Waals surface area contributed by atoms with Crippen LogP contribution >= 0.6 is 0 Å². The maximum Gasteiger partial charge on any atom is 0.268 e. The van der Waals surface area contributed by atoms with E-state index in [1.54, 1.807) is 18.2 Å². The first-order valence-corrected chi connectivity index (χ1v) is 10.6. The number of rotatable bonds is 5. The average Bonchev–Trinajstić information content (AvgIpc) is 3.19. The molecule has 0 unspecified atom stereocenters. The van der Waals surface area contributed by atoms with Gasteiger partial charge in [-0.3, -0.25) is 0 Å². The van der Waals surface area contributed by atoms with Crippen molar-refractivity contribution in [2.75, 3.05) is 0 Å². The first-order chi connectivity index (χ1) is 14.8. The Balaban J connectivity index is 1.86. The highest BCUT2D eigenvalue weighted by Crippen LogP contribution is 2.37. The number of nitriles is 1. The zero-order valence-electron chi connectivity index (χ0n) is 16.4. The number of nitrogens with zero attached hydrogens (tertiary/aromatic N) is 3. The second-order valence-electron chi connectivity index (χ2n) is 6.76. The molecule has 0 atom stereocenters. The summed E-state index contributed by atoms with van der Waals surface area (Å²) < 4.78 is 48.0. The lowest BCUT2D eigenvalue weighted by Gasteiger charge is -2.13. The monoisotopic (exact) mass is 433 g/mol. The minimum atomic E-state index is -3.93. The van der Waals surface area contributed by atoms with E-state index in [0.717, 1.165) is 15.6 Å². The summed E-state index contributed by atoms with van der Waals surface area (Å²) in [6, 6.07) is 13.8. The topological polar surface area (TPSA) is 85.0 Å². The molecule has 0 aliphatic carbocycles. The van der Waals surface area contributed by atoms with Crippen molar-refractivity contribution >= 4 is 27.0 Å². The first-order valence-electron chi connectivity index (χ1n) is 9.17. The molecule has 0 saturated carbocycles. The second-order valence-corrected chi connectivity index (χ2v) is 8.57. The molecule has 0 bridgehead atoms. The number of aryl methyl sites for hydroxylation is 1. The van der Waals surface area contributed by atoms with Crippen molar-refractivity contribution in [1.82, 2.24) is 8.96 Å². The first kappa shape index (κ1) is 20.3. The van der Waals surface area contributed by atoms with Gasteiger partial charge in [-0.25, -0.2) is 21.8 Å². The van der Waals surface area contributed by atoms with Crippen molar-refractivity contribution in [3.63, 3.8) is 0 Å². The Kier molecular flexibility index (Phi) is 5.05. The van der Waals surface area contributed by atoms with Crippen LogP contribution in [0.25, 0.3) is 17.0 Å². The van der Waals surface area contributed by atoms with E-state index in [0.29, 0.717) is 10.9 Å². The van der Waals surface area contributed by atoms with Crippen LogP contribution in [-0.4, -0.2) is 17.4 Å². The number of fused-ring (bicyclic) bond motifs is 1. The summed E-state index contributed by atoms with van der Waals surface area (Å²) in [5.74, 6) is -0.667. The highest BCUT2D eigenvalue weighted by atomic mass is 32.2. The van der Waals surface area contributed by atoms with Gasteiger partial charge in [-0.2, -0.15) is 5.26 Å². The van der Waals surface area contributed by atoms with E-state index < -0.39 is 15.8 Å². The number of benzene rings is 2. The van der Waals surface area contributed by atoms with Crippen LogP contribution in [0.15, 0.2) is 72.4 Å². The van der Waals surface area contributed by atoms with Crippen molar-refractivity contribution < 1.29 is 17.5 Å². The predicted molar refractivity (Wildman–Crippen MR) is 115 cm³/mol. The molecule has 0 N–H and O–H groups in total. The summed E-state index contributed by atoms with van der Waals surface area (Å²) >= 11 is 0. The number of hydrogen-bond donors (Lipinski definition) is 0. The minimum Gasteiger partial charge on any atom is -0.453 e. The molecule has 0 amide bonds. The Morgan fingerprint density at radius 2 is 1.94 bits per heavy atom. The smallest absolute Gasteiger partial charge is 0.268 e. The fourth-order valence-corrected chi connectivity index (χ4v) is 4.56. The molecular formula is C23H16FN3O3S. The van der Waals surface area contributed by atoms with Crippen LogP contribution in [0.4, 0.5) is 4.39 Å². The van der Waals surface area contributed by atoms with Gasteiger partial charge in [-0.05, 0) is 31.2 Å². The number of halogens is 1. The van der Waals surface area contributed by atoms with Crippen LogP contribution < -0.4 is 4.74 Å². The van der Waals surface area contributed by atoms with Crippen LogP contribution in [0, 0.1) is 24.1 Å². The van der Waals surface area contributed by atoms with Gasteiger partial charge in [-0.15, -0.1) is 0 Å². The molecule has 6 nitrogen and oxygen atoms in total. The predicted octanol–water partition coefficient (Wildman–Crippen LogP) is 5.03. The Hall–Kier alpha value is -3.96. The van der Waals surface area contributed by atoms with Gasteiger partial charge in [0.2, 0.25) is 0 Å². The zero-order chi connectivity index (χ0) is 22.2. The quantitative estimate of drug-likeness (QED) is 0.441. The summed E-state index contributed by atoms with van der Waals surface area (Å²) in [6.07, 6.45) is 4.15. The van der Waals surface area contributed by atoms with Gasteiger partial charge >= 0.3 is 0 Å². The van der Waals surface area contributed by atoms with Crippen molar-refractivity contribution in [2.24, 2.45) is 0 Å². The fraction of sp³-hybridized carbons (Fsp3) is 0.0435. The van der Waals surface area contributed by atoms with Crippen LogP contribution in [0.5, 0.6) is 11.5 Å². The number of ether oxygens (including phenoxy) is 1. The third-order valence-electron chi connectivity index (χ3n) is 4.75. The Morgan fingerprint density at radius 1 is 1.19 bits per heavy atom. The van der Waals surface area contributed by atoms with Gasteiger partial charge in [0.1, 0.15) is 17.5 Å². The molecule has 0 fully saturated rings. The largest absolute Gasteiger partial charge is 0.453 e. The van der Waals surface area contributed by atoms with Gasteiger partial charge in [-0.1, -0.05) is 30.4 Å². The molecular weight excluding hydrogens is 417 g/mol. The van der Waals surface area contributed by atoms with Gasteiger partial charge in [0.15, 0.2) is 11.6 Å². The SMILES string of the molecule is C=Cc1c(Oc2ccnc(C#N)c2)c(F)cc2c1ccn2S(=O)(=O)c1ccc(C)cc1. The average molecular weight is 433 g/mol. The van der Waals surface area contributed by atoms with E-state index in [4.69, 9.17) is 10.00 Å². The second kappa shape index (κ2) is 7.70. The van der Waals surface area contributed by atoms with E-state index in [1.807, 2.05) is 13.0 Å². The standard InChI is InChI=1S/C23H16FN3O3S/c1-3-19-20-9-11-27(31(28,29)18-6-4-15(2)5-7-18)22(20)13-21(24)23(19)30-17-8-10-26-16(12-17)14-25/h3-13H,1H2,2H3. The van der Waals surface area contributed by atoms with Gasteiger partial charge in [0.05, 0.1) is 10.4 Å². The molecule has 0 saturated heterocycles. The van der Waals surface area contributed by atoms with Gasteiger partial charge in [0.25, 0.3) is 10.0 Å². The van der Waals surface area contributed by atoms with E-state index in [-0.39, 0.29) is 27.6 Å². The molecule has 0 spiro atoms. The summed E-state index contributed by atoms with van der Waals surface area (Å²) in [5, 5.41) is 9.45. The number of aromatic nitrogens is 2. The molecule has 154 valence electrons. The summed E-state index contributed by atoms with van der Waals surface area (Å²) in [6.45, 7) is 5.59. The Morgan fingerprint density at radius 3 is 2.61 bits per heavy atom. The molecule has 2 aromatic carbocycles. The maximum absolute atomic E-state index is 15.1. The van der Waals surface area contributed by atoms with E-state index in [9.17, 15) is 8.42 Å². The molecule has 2 aromatic heterocycles. The van der Waals surface area contributed by atoms with Crippen LogP contribution in [0.3, 0.4) is 0 Å². The van der Waals surface area contributed by atoms with E-state index >= 15 is 4.39 Å². The summed E-state index contributed by atoms with van der Waals surface area (Å²) in [7, 11) is -3.93. The van der Waals surface area contributed by atoms with Gasteiger partial charge in [0, 0.05) is 35.5 Å². The highest BCUT2D eigenvalue weighted by molar-refractivity contribution is 7.90. The lowest BCUT2D eigenvalue weighted by Crippen LogP contribution is -2.12. The van der Waals surface area contributed by atoms with Crippen LogP contribution in [0.2, 0.25) is 0 Å². The molecule has 31 heavy (non-hydrogen) atoms. The lowest BCUT2D eigenvalue weighted by molar-refractivity contribution is 0.441. The fourth-order valence-electron chi connectivity index (χ4n) is 3.23. The molecule has 8 heteroatoms. The van der Waals surface area contributed by atoms with Crippen LogP contribution in [-0.2, 0) is 10.0 Å². The number of hydrogen-bond acceptors (Lipinski definition) is 5. The normalized spacial score (nSPS) is 11.3. The van der Waals surface area contributed by atoms with Crippen molar-refractivity contribution in [3.8, 4) is 17.6 Å². The molecule has 4 rings (SSSR count). The lowest BCUT2D eigenvalue weighted by atomic mass is 10.1. The molecule has 0 aliphatic heterocycles. The Labute approximate surface area is 178 Å². The third-order valence-corrected chi connectivity index (χ3v) is 6.46. The highest BCUT2D eigenvalue weighted by Gasteiger charge is 2.23. The van der Waals surface area contributed by atoms with Gasteiger partial charge < -0.3 is 4.74 Å².